The van der Waals surface area contributed by atoms with Crippen LogP contribution < -0.4 is 14.8 Å². The Morgan fingerprint density at radius 3 is 2.67 bits per heavy atom. The van der Waals surface area contributed by atoms with Crippen LogP contribution in [0.1, 0.15) is 29.3 Å². The first-order chi connectivity index (χ1) is 11.5. The van der Waals surface area contributed by atoms with Crippen molar-refractivity contribution in [3.05, 3.63) is 51.7 Å². The van der Waals surface area contributed by atoms with Crippen LogP contribution in [0.2, 0.25) is 0 Å². The van der Waals surface area contributed by atoms with Gasteiger partial charge in [0.1, 0.15) is 5.82 Å². The van der Waals surface area contributed by atoms with Crippen molar-refractivity contribution in [2.45, 2.75) is 20.3 Å². The molecule has 0 fully saturated rings. The largest absolute Gasteiger partial charge is 0.493 e. The van der Waals surface area contributed by atoms with Gasteiger partial charge in [0.25, 0.3) is 5.91 Å². The molecular formula is C18H19BrFNO3. The summed E-state index contributed by atoms with van der Waals surface area (Å²) in [7, 11) is 1.52. The first-order valence-corrected chi connectivity index (χ1v) is 8.33. The predicted octanol–water partition coefficient (Wildman–Crippen LogP) is 4.95. The van der Waals surface area contributed by atoms with Crippen molar-refractivity contribution in [2.75, 3.05) is 19.0 Å². The van der Waals surface area contributed by atoms with E-state index in [1.165, 1.54) is 25.3 Å². The van der Waals surface area contributed by atoms with Gasteiger partial charge in [0.05, 0.1) is 18.2 Å². The molecule has 0 saturated carbocycles. The van der Waals surface area contributed by atoms with Crippen LogP contribution in [-0.2, 0) is 0 Å². The first-order valence-electron chi connectivity index (χ1n) is 7.54. The minimum Gasteiger partial charge on any atom is -0.493 e. The normalized spacial score (nSPS) is 10.4. The third kappa shape index (κ3) is 4.26. The van der Waals surface area contributed by atoms with Crippen molar-refractivity contribution < 1.29 is 18.7 Å². The molecule has 0 aromatic heterocycles. The molecule has 0 spiro atoms. The van der Waals surface area contributed by atoms with E-state index in [1.807, 2.05) is 6.92 Å². The predicted molar refractivity (Wildman–Crippen MR) is 95.6 cm³/mol. The molecule has 2 aromatic carbocycles. The smallest absolute Gasteiger partial charge is 0.255 e. The molecule has 0 unspecified atom stereocenters. The Hall–Kier alpha value is -2.08. The van der Waals surface area contributed by atoms with Gasteiger partial charge >= 0.3 is 0 Å². The van der Waals surface area contributed by atoms with Crippen LogP contribution in [0.5, 0.6) is 11.5 Å². The zero-order valence-corrected chi connectivity index (χ0v) is 15.4. The lowest BCUT2D eigenvalue weighted by Gasteiger charge is -2.14. The number of benzene rings is 2. The number of anilines is 1. The number of nitrogens with one attached hydrogen (secondary N) is 1. The molecule has 0 aliphatic heterocycles. The number of hydrogen-bond acceptors (Lipinski definition) is 3. The number of aryl methyl sites for hydroxylation is 1. The van der Waals surface area contributed by atoms with Crippen LogP contribution in [0.25, 0.3) is 0 Å². The molecule has 6 heteroatoms. The van der Waals surface area contributed by atoms with E-state index in [4.69, 9.17) is 9.47 Å². The van der Waals surface area contributed by atoms with Crippen LogP contribution >= 0.6 is 15.9 Å². The summed E-state index contributed by atoms with van der Waals surface area (Å²) in [5.74, 6) is 0.380. The van der Waals surface area contributed by atoms with E-state index < -0.39 is 0 Å². The van der Waals surface area contributed by atoms with E-state index >= 15 is 0 Å². The van der Waals surface area contributed by atoms with E-state index in [2.05, 4.69) is 21.2 Å². The van der Waals surface area contributed by atoms with Crippen molar-refractivity contribution >= 4 is 27.5 Å². The third-order valence-electron chi connectivity index (χ3n) is 3.38. The number of methoxy groups -OCH3 is 1. The number of carbonyl (C=O) groups excluding carboxylic acids is 1. The number of halogens is 2. The average molecular weight is 396 g/mol. The van der Waals surface area contributed by atoms with Crippen LogP contribution in [0, 0.1) is 12.7 Å². The van der Waals surface area contributed by atoms with Crippen LogP contribution in [0.3, 0.4) is 0 Å². The Kier molecular flexibility index (Phi) is 6.20. The zero-order valence-electron chi connectivity index (χ0n) is 13.8. The van der Waals surface area contributed by atoms with Gasteiger partial charge in [0, 0.05) is 11.3 Å². The summed E-state index contributed by atoms with van der Waals surface area (Å²) in [6.07, 6.45) is 0.863. The first kappa shape index (κ1) is 18.3. The van der Waals surface area contributed by atoms with E-state index in [0.29, 0.717) is 39.4 Å². The summed E-state index contributed by atoms with van der Waals surface area (Å²) in [6, 6.07) is 7.49. The molecule has 1 amide bonds. The van der Waals surface area contributed by atoms with Gasteiger partial charge in [0.15, 0.2) is 11.5 Å². The summed E-state index contributed by atoms with van der Waals surface area (Å²) in [4.78, 5) is 12.5. The number of hydrogen-bond donors (Lipinski definition) is 1. The second-order valence-electron chi connectivity index (χ2n) is 5.25. The van der Waals surface area contributed by atoms with Gasteiger partial charge in [-0.2, -0.15) is 0 Å². The summed E-state index contributed by atoms with van der Waals surface area (Å²) < 4.78 is 24.8. The molecule has 0 bridgehead atoms. The number of carbonyl (C=O) groups is 1. The maximum atomic E-state index is 13.2. The molecular weight excluding hydrogens is 377 g/mol. The molecule has 0 aliphatic carbocycles. The van der Waals surface area contributed by atoms with Crippen molar-refractivity contribution in [2.24, 2.45) is 0 Å². The Morgan fingerprint density at radius 1 is 1.29 bits per heavy atom. The van der Waals surface area contributed by atoms with Crippen LogP contribution in [0.4, 0.5) is 10.1 Å². The Labute approximate surface area is 149 Å². The zero-order chi connectivity index (χ0) is 17.7. The molecule has 128 valence electrons. The molecule has 2 rings (SSSR count). The molecule has 4 nitrogen and oxygen atoms in total. The number of amides is 1. The highest BCUT2D eigenvalue weighted by atomic mass is 79.9. The lowest BCUT2D eigenvalue weighted by molar-refractivity contribution is 0.102. The van der Waals surface area contributed by atoms with Crippen molar-refractivity contribution in [3.8, 4) is 11.5 Å². The minimum atomic E-state index is -0.340. The maximum absolute atomic E-state index is 13.2. The highest BCUT2D eigenvalue weighted by Crippen LogP contribution is 2.37. The molecule has 0 heterocycles. The van der Waals surface area contributed by atoms with Gasteiger partial charge in [-0.1, -0.05) is 6.92 Å². The second kappa shape index (κ2) is 8.15. The van der Waals surface area contributed by atoms with Gasteiger partial charge in [0.2, 0.25) is 0 Å². The molecule has 0 saturated heterocycles. The fraction of sp³-hybridized carbons (Fsp3) is 0.278. The maximum Gasteiger partial charge on any atom is 0.255 e. The molecule has 24 heavy (non-hydrogen) atoms. The van der Waals surface area contributed by atoms with Crippen LogP contribution in [-0.4, -0.2) is 19.6 Å². The summed E-state index contributed by atoms with van der Waals surface area (Å²) in [5, 5.41) is 2.77. The van der Waals surface area contributed by atoms with E-state index in [-0.39, 0.29) is 11.7 Å². The van der Waals surface area contributed by atoms with Crippen molar-refractivity contribution in [1.82, 2.24) is 0 Å². The number of rotatable bonds is 6. The second-order valence-corrected chi connectivity index (χ2v) is 6.11. The van der Waals surface area contributed by atoms with E-state index in [0.717, 1.165) is 6.42 Å². The SMILES string of the molecule is CCCOc1c(Br)cc(C(=O)Nc2ccc(F)cc2C)cc1OC. The third-order valence-corrected chi connectivity index (χ3v) is 3.97. The summed E-state index contributed by atoms with van der Waals surface area (Å²) >= 11 is 3.41. The molecule has 2 aromatic rings. The van der Waals surface area contributed by atoms with Crippen LogP contribution in [0.15, 0.2) is 34.8 Å². The number of ether oxygens (including phenoxy) is 2. The Balaban J connectivity index is 2.27. The molecule has 1 N–H and O–H groups in total. The van der Waals surface area contributed by atoms with Gasteiger partial charge < -0.3 is 14.8 Å². The highest BCUT2D eigenvalue weighted by Gasteiger charge is 2.16. The van der Waals surface area contributed by atoms with Gasteiger partial charge in [-0.05, 0) is 65.2 Å². The fourth-order valence-electron chi connectivity index (χ4n) is 2.16. The Morgan fingerprint density at radius 2 is 2.04 bits per heavy atom. The van der Waals surface area contributed by atoms with E-state index in [1.54, 1.807) is 19.1 Å². The Bertz CT molecular complexity index is 749. The standard InChI is InChI=1S/C18H19BrFNO3/c1-4-7-24-17-14(19)9-12(10-16(17)23-3)18(22)21-15-6-5-13(20)8-11(15)2/h5-6,8-10H,4,7H2,1-3H3,(H,21,22). The monoisotopic (exact) mass is 395 g/mol. The quantitative estimate of drug-likeness (QED) is 0.752. The average Bonchev–Trinajstić information content (AvgIpc) is 2.55. The molecule has 0 atom stereocenters. The fourth-order valence-corrected chi connectivity index (χ4v) is 2.71. The molecule has 0 aliphatic rings. The topological polar surface area (TPSA) is 47.6 Å². The van der Waals surface area contributed by atoms with Gasteiger partial charge in [-0.25, -0.2) is 4.39 Å². The summed E-state index contributed by atoms with van der Waals surface area (Å²) in [6.45, 7) is 4.29. The van der Waals surface area contributed by atoms with Gasteiger partial charge in [-0.3, -0.25) is 4.79 Å². The van der Waals surface area contributed by atoms with Crippen molar-refractivity contribution in [1.29, 1.82) is 0 Å². The van der Waals surface area contributed by atoms with Crippen molar-refractivity contribution in [3.63, 3.8) is 0 Å². The van der Waals surface area contributed by atoms with Gasteiger partial charge in [-0.15, -0.1) is 0 Å². The molecule has 0 radical (unpaired) electrons. The lowest BCUT2D eigenvalue weighted by Crippen LogP contribution is -2.13. The minimum absolute atomic E-state index is 0.314. The lowest BCUT2D eigenvalue weighted by atomic mass is 10.1. The summed E-state index contributed by atoms with van der Waals surface area (Å²) in [5.41, 5.74) is 1.62. The van der Waals surface area contributed by atoms with E-state index in [9.17, 15) is 9.18 Å². The highest BCUT2D eigenvalue weighted by molar-refractivity contribution is 9.10.